The number of hydrogen-bond acceptors (Lipinski definition) is 6. The average Bonchev–Trinajstić information content (AvgIpc) is 3.53. The Morgan fingerprint density at radius 2 is 1.90 bits per heavy atom. The number of carbonyl (C=O) groups is 1. The first-order chi connectivity index (χ1) is 19.4. The fraction of sp³-hybridized carbons (Fsp3) is 0.129. The summed E-state index contributed by atoms with van der Waals surface area (Å²) in [5.74, 6) is 0.505. The van der Waals surface area contributed by atoms with Crippen molar-refractivity contribution in [2.75, 3.05) is 6.61 Å². The number of rotatable bonds is 5. The van der Waals surface area contributed by atoms with E-state index in [4.69, 9.17) is 32.4 Å². The maximum atomic E-state index is 14.0. The molecule has 0 spiro atoms. The summed E-state index contributed by atoms with van der Waals surface area (Å²) in [4.78, 5) is 32.4. The molecular weight excluding hydrogens is 567 g/mol. The Bertz CT molecular complexity index is 2010. The average molecular weight is 590 g/mol. The summed E-state index contributed by atoms with van der Waals surface area (Å²) in [6, 6.07) is 21.7. The molecular formula is C31H22Cl2N2O4S. The van der Waals surface area contributed by atoms with Crippen LogP contribution < -0.4 is 14.9 Å². The summed E-state index contributed by atoms with van der Waals surface area (Å²) >= 11 is 13.7. The molecule has 3 heterocycles. The fourth-order valence-electron chi connectivity index (χ4n) is 4.97. The molecule has 200 valence electrons. The van der Waals surface area contributed by atoms with Gasteiger partial charge in [0.25, 0.3) is 5.56 Å². The number of allylic oxidation sites excluding steroid dienone is 1. The van der Waals surface area contributed by atoms with Crippen molar-refractivity contribution in [3.8, 4) is 11.3 Å². The van der Waals surface area contributed by atoms with E-state index < -0.39 is 12.0 Å². The van der Waals surface area contributed by atoms with Gasteiger partial charge in [-0.05, 0) is 60.5 Å². The zero-order valence-corrected chi connectivity index (χ0v) is 23.8. The number of aromatic nitrogens is 1. The van der Waals surface area contributed by atoms with Gasteiger partial charge in [-0.1, -0.05) is 77.0 Å². The van der Waals surface area contributed by atoms with Crippen LogP contribution in [0.2, 0.25) is 10.0 Å². The van der Waals surface area contributed by atoms with E-state index in [1.807, 2.05) is 42.5 Å². The molecule has 5 aromatic rings. The van der Waals surface area contributed by atoms with Crippen LogP contribution in [0.5, 0.6) is 0 Å². The monoisotopic (exact) mass is 588 g/mol. The molecule has 2 aromatic heterocycles. The molecule has 0 bridgehead atoms. The number of halogens is 2. The lowest BCUT2D eigenvalue weighted by atomic mass is 9.91. The van der Waals surface area contributed by atoms with Crippen LogP contribution in [0.3, 0.4) is 0 Å². The van der Waals surface area contributed by atoms with Crippen molar-refractivity contribution in [3.05, 3.63) is 125 Å². The third kappa shape index (κ3) is 4.60. The van der Waals surface area contributed by atoms with Crippen LogP contribution in [-0.4, -0.2) is 17.1 Å². The quantitative estimate of drug-likeness (QED) is 0.219. The highest BCUT2D eigenvalue weighted by Gasteiger charge is 2.34. The number of benzene rings is 3. The van der Waals surface area contributed by atoms with Gasteiger partial charge in [-0.3, -0.25) is 9.36 Å². The predicted molar refractivity (Wildman–Crippen MR) is 159 cm³/mol. The van der Waals surface area contributed by atoms with Gasteiger partial charge in [-0.2, -0.15) is 0 Å². The van der Waals surface area contributed by atoms with Crippen molar-refractivity contribution in [1.82, 2.24) is 4.57 Å². The Kier molecular flexibility index (Phi) is 6.96. The first-order valence-electron chi connectivity index (χ1n) is 12.6. The van der Waals surface area contributed by atoms with Gasteiger partial charge >= 0.3 is 5.97 Å². The molecule has 6 rings (SSSR count). The fourth-order valence-corrected chi connectivity index (χ4v) is 6.37. The highest BCUT2D eigenvalue weighted by atomic mass is 35.5. The topological polar surface area (TPSA) is 73.8 Å². The van der Waals surface area contributed by atoms with Gasteiger partial charge in [0.05, 0.1) is 33.5 Å². The van der Waals surface area contributed by atoms with Crippen LogP contribution in [0.4, 0.5) is 0 Å². The number of fused-ring (bicyclic) bond motifs is 2. The van der Waals surface area contributed by atoms with Crippen LogP contribution in [-0.2, 0) is 9.53 Å². The van der Waals surface area contributed by atoms with Gasteiger partial charge in [0.2, 0.25) is 0 Å². The SMILES string of the molecule is CCOC(=O)C1=C(C)N=c2s/c(=C/c3ccc(-c4cc(Cl)ccc4Cl)o3)c(=O)n2[C@@H]1c1cccc2ccccc12. The maximum Gasteiger partial charge on any atom is 0.338 e. The molecule has 0 aliphatic carbocycles. The summed E-state index contributed by atoms with van der Waals surface area (Å²) < 4.78 is 13.4. The summed E-state index contributed by atoms with van der Waals surface area (Å²) in [6.07, 6.45) is 1.68. The molecule has 3 aromatic carbocycles. The van der Waals surface area contributed by atoms with Gasteiger partial charge in [-0.25, -0.2) is 9.79 Å². The summed E-state index contributed by atoms with van der Waals surface area (Å²) in [7, 11) is 0. The first kappa shape index (κ1) is 26.3. The van der Waals surface area contributed by atoms with E-state index in [1.165, 1.54) is 11.3 Å². The van der Waals surface area contributed by atoms with E-state index in [2.05, 4.69) is 4.99 Å². The molecule has 0 radical (unpaired) electrons. The summed E-state index contributed by atoms with van der Waals surface area (Å²) in [5, 5.41) is 2.98. The predicted octanol–water partition coefficient (Wildman–Crippen LogP) is 6.52. The first-order valence-corrected chi connectivity index (χ1v) is 14.2. The number of thiazole rings is 1. The Morgan fingerprint density at radius 1 is 1.10 bits per heavy atom. The van der Waals surface area contributed by atoms with Crippen LogP contribution in [0.1, 0.15) is 31.2 Å². The number of esters is 1. The maximum absolute atomic E-state index is 14.0. The molecule has 0 fully saturated rings. The van der Waals surface area contributed by atoms with Gasteiger partial charge in [-0.15, -0.1) is 0 Å². The smallest absolute Gasteiger partial charge is 0.338 e. The summed E-state index contributed by atoms with van der Waals surface area (Å²) in [6.45, 7) is 3.74. The molecule has 0 saturated heterocycles. The minimum absolute atomic E-state index is 0.208. The van der Waals surface area contributed by atoms with E-state index >= 15 is 0 Å². The Hall–Kier alpha value is -3.91. The van der Waals surface area contributed by atoms with E-state index in [1.54, 1.807) is 54.8 Å². The number of ether oxygens (including phenoxy) is 1. The zero-order chi connectivity index (χ0) is 28.0. The second-order valence-electron chi connectivity index (χ2n) is 9.20. The molecule has 0 unspecified atom stereocenters. The van der Waals surface area contributed by atoms with E-state index in [0.29, 0.717) is 47.7 Å². The van der Waals surface area contributed by atoms with Gasteiger partial charge < -0.3 is 9.15 Å². The van der Waals surface area contributed by atoms with E-state index in [0.717, 1.165) is 16.3 Å². The number of furan rings is 1. The van der Waals surface area contributed by atoms with Crippen molar-refractivity contribution >= 4 is 57.4 Å². The Labute approximate surface area is 243 Å². The van der Waals surface area contributed by atoms with Gasteiger partial charge in [0, 0.05) is 16.7 Å². The second kappa shape index (κ2) is 10.6. The largest absolute Gasteiger partial charge is 0.463 e. The van der Waals surface area contributed by atoms with Crippen molar-refractivity contribution in [2.45, 2.75) is 19.9 Å². The molecule has 6 nitrogen and oxygen atoms in total. The third-order valence-corrected chi connectivity index (χ3v) is 8.28. The molecule has 1 aliphatic rings. The number of carbonyl (C=O) groups excluding carboxylic acids is 1. The Balaban J connectivity index is 1.53. The number of nitrogens with zero attached hydrogens (tertiary/aromatic N) is 2. The lowest BCUT2D eigenvalue weighted by Crippen LogP contribution is -2.40. The summed E-state index contributed by atoms with van der Waals surface area (Å²) in [5.41, 5.74) is 2.04. The van der Waals surface area contributed by atoms with E-state index in [9.17, 15) is 9.59 Å². The van der Waals surface area contributed by atoms with E-state index in [-0.39, 0.29) is 12.2 Å². The molecule has 0 saturated carbocycles. The van der Waals surface area contributed by atoms with Crippen LogP contribution in [0.25, 0.3) is 28.2 Å². The van der Waals surface area contributed by atoms with Crippen molar-refractivity contribution < 1.29 is 13.9 Å². The van der Waals surface area contributed by atoms with Crippen molar-refractivity contribution in [3.63, 3.8) is 0 Å². The minimum Gasteiger partial charge on any atom is -0.463 e. The van der Waals surface area contributed by atoms with Crippen molar-refractivity contribution in [2.24, 2.45) is 4.99 Å². The van der Waals surface area contributed by atoms with Crippen LogP contribution in [0, 0.1) is 0 Å². The third-order valence-electron chi connectivity index (χ3n) is 6.73. The Morgan fingerprint density at radius 3 is 2.73 bits per heavy atom. The lowest BCUT2D eigenvalue weighted by Gasteiger charge is -2.25. The highest BCUT2D eigenvalue weighted by Crippen LogP contribution is 2.35. The molecule has 0 N–H and O–H groups in total. The second-order valence-corrected chi connectivity index (χ2v) is 11.0. The standard InChI is InChI=1S/C31H22Cl2N2O4S/c1-3-38-30(37)27-17(2)34-31-35(28(27)22-10-6-8-18-7-4-5-9-21(18)22)29(36)26(40-31)16-20-12-14-25(39-20)23-15-19(32)11-13-24(23)33/h4-16,28H,3H2,1-2H3/b26-16+/t28-/m1/s1. The lowest BCUT2D eigenvalue weighted by molar-refractivity contribution is -0.139. The van der Waals surface area contributed by atoms with Gasteiger partial charge in [0.1, 0.15) is 11.5 Å². The molecule has 1 aliphatic heterocycles. The van der Waals surface area contributed by atoms with Gasteiger partial charge in [0.15, 0.2) is 4.80 Å². The minimum atomic E-state index is -0.707. The van der Waals surface area contributed by atoms with Crippen LogP contribution >= 0.6 is 34.5 Å². The molecule has 1 atom stereocenters. The van der Waals surface area contributed by atoms with Crippen molar-refractivity contribution in [1.29, 1.82) is 0 Å². The number of hydrogen-bond donors (Lipinski definition) is 0. The zero-order valence-electron chi connectivity index (χ0n) is 21.5. The van der Waals surface area contributed by atoms with Crippen LogP contribution in [0.15, 0.2) is 98.3 Å². The highest BCUT2D eigenvalue weighted by molar-refractivity contribution is 7.07. The molecule has 9 heteroatoms. The molecule has 0 amide bonds. The molecule has 40 heavy (non-hydrogen) atoms. The normalized spacial score (nSPS) is 15.3.